The number of nitrogens with zero attached hydrogens (tertiary/aromatic N) is 4. The van der Waals surface area contributed by atoms with Gasteiger partial charge in [-0.25, -0.2) is 10.8 Å². The number of nitrogen functional groups attached to an aromatic ring is 1. The van der Waals surface area contributed by atoms with E-state index in [4.69, 9.17) is 5.84 Å². The Hall–Kier alpha value is -2.26. The second-order valence-corrected chi connectivity index (χ2v) is 5.20. The third kappa shape index (κ3) is 3.64. The van der Waals surface area contributed by atoms with Crippen molar-refractivity contribution in [1.29, 1.82) is 0 Å². The average molecular weight is 353 g/mol. The number of nitrogens with one attached hydrogen (secondary N) is 1. The summed E-state index contributed by atoms with van der Waals surface area (Å²) in [5, 5.41) is 11.1. The fourth-order valence-corrected chi connectivity index (χ4v) is 2.05. The predicted molar refractivity (Wildman–Crippen MR) is 82.7 cm³/mol. The molecule has 1 heterocycles. The lowest BCUT2D eigenvalue weighted by atomic mass is 10.2. The molecule has 0 atom stereocenters. The maximum absolute atomic E-state index is 11.1. The molecule has 0 aliphatic heterocycles. The van der Waals surface area contributed by atoms with E-state index < -0.39 is 4.92 Å². The van der Waals surface area contributed by atoms with Crippen molar-refractivity contribution in [2.45, 2.75) is 6.54 Å². The van der Waals surface area contributed by atoms with Gasteiger partial charge in [0, 0.05) is 18.1 Å². The first-order valence-electron chi connectivity index (χ1n) is 5.95. The van der Waals surface area contributed by atoms with E-state index in [-0.39, 0.29) is 17.5 Å². The van der Waals surface area contributed by atoms with Crippen LogP contribution in [0.3, 0.4) is 0 Å². The minimum absolute atomic E-state index is 0.123. The molecule has 0 unspecified atom stereocenters. The van der Waals surface area contributed by atoms with Crippen molar-refractivity contribution in [1.82, 2.24) is 9.97 Å². The Morgan fingerprint density at radius 1 is 1.43 bits per heavy atom. The van der Waals surface area contributed by atoms with Crippen molar-refractivity contribution in [3.8, 4) is 0 Å². The van der Waals surface area contributed by atoms with E-state index in [1.807, 2.05) is 24.3 Å². The van der Waals surface area contributed by atoms with E-state index in [1.165, 1.54) is 0 Å². The van der Waals surface area contributed by atoms with Gasteiger partial charge in [-0.3, -0.25) is 15.5 Å². The molecule has 0 spiro atoms. The van der Waals surface area contributed by atoms with Crippen LogP contribution >= 0.6 is 15.9 Å². The van der Waals surface area contributed by atoms with Crippen molar-refractivity contribution in [3.05, 3.63) is 50.6 Å². The Balaban J connectivity index is 2.30. The van der Waals surface area contributed by atoms with Gasteiger partial charge >= 0.3 is 5.69 Å². The summed E-state index contributed by atoms with van der Waals surface area (Å²) in [6.07, 6.45) is 1.13. The number of hydrazine groups is 1. The number of nitro groups is 1. The summed E-state index contributed by atoms with van der Waals surface area (Å²) >= 11 is 3.36. The molecule has 0 radical (unpaired) electrons. The van der Waals surface area contributed by atoms with Gasteiger partial charge in [0.25, 0.3) is 0 Å². The first-order chi connectivity index (χ1) is 10.0. The molecule has 9 heteroatoms. The van der Waals surface area contributed by atoms with Crippen molar-refractivity contribution in [2.75, 3.05) is 17.4 Å². The molecule has 0 aliphatic rings. The van der Waals surface area contributed by atoms with Gasteiger partial charge < -0.3 is 4.90 Å². The maximum atomic E-state index is 11.1. The normalized spacial score (nSPS) is 10.2. The van der Waals surface area contributed by atoms with Crippen molar-refractivity contribution < 1.29 is 4.92 Å². The van der Waals surface area contributed by atoms with Gasteiger partial charge in [0.2, 0.25) is 11.8 Å². The summed E-state index contributed by atoms with van der Waals surface area (Å²) in [5.74, 6) is 5.57. The molecule has 21 heavy (non-hydrogen) atoms. The number of anilines is 2. The standard InChI is InChI=1S/C12H13BrN6O2/c1-18(7-8-2-4-9(13)5-3-8)11-10(19(20)21)6-15-12(16-11)17-14/h2-6H,7,14H2,1H3,(H,15,16,17). The number of benzene rings is 1. The van der Waals surface area contributed by atoms with E-state index in [1.54, 1.807) is 11.9 Å². The van der Waals surface area contributed by atoms with Crippen LogP contribution in [0.1, 0.15) is 5.56 Å². The summed E-state index contributed by atoms with van der Waals surface area (Å²) < 4.78 is 0.969. The summed E-state index contributed by atoms with van der Waals surface area (Å²) in [7, 11) is 1.72. The number of aromatic nitrogens is 2. The largest absolute Gasteiger partial charge is 0.349 e. The van der Waals surface area contributed by atoms with Crippen LogP contribution in [-0.2, 0) is 6.54 Å². The number of rotatable bonds is 5. The fourth-order valence-electron chi connectivity index (χ4n) is 1.78. The lowest BCUT2D eigenvalue weighted by molar-refractivity contribution is -0.384. The van der Waals surface area contributed by atoms with E-state index in [9.17, 15) is 10.1 Å². The van der Waals surface area contributed by atoms with Crippen molar-refractivity contribution >= 4 is 33.4 Å². The Labute approximate surface area is 129 Å². The molecule has 8 nitrogen and oxygen atoms in total. The van der Waals surface area contributed by atoms with Gasteiger partial charge in [0.1, 0.15) is 6.20 Å². The van der Waals surface area contributed by atoms with Crippen molar-refractivity contribution in [2.24, 2.45) is 5.84 Å². The third-order valence-corrected chi connectivity index (χ3v) is 3.30. The first-order valence-corrected chi connectivity index (χ1v) is 6.74. The molecule has 0 saturated heterocycles. The molecular weight excluding hydrogens is 340 g/mol. The zero-order valence-corrected chi connectivity index (χ0v) is 12.7. The SMILES string of the molecule is CN(Cc1ccc(Br)cc1)c1nc(NN)ncc1[N+](=O)[O-]. The smallest absolute Gasteiger partial charge is 0.329 e. The summed E-state index contributed by atoms with van der Waals surface area (Å²) in [4.78, 5) is 20.0. The number of hydrogen-bond acceptors (Lipinski definition) is 7. The highest BCUT2D eigenvalue weighted by Gasteiger charge is 2.20. The molecule has 3 N–H and O–H groups in total. The average Bonchev–Trinajstić information content (AvgIpc) is 2.48. The molecule has 0 aliphatic carbocycles. The molecule has 2 aromatic rings. The summed E-state index contributed by atoms with van der Waals surface area (Å²) in [5.41, 5.74) is 3.11. The van der Waals surface area contributed by atoms with Gasteiger partial charge in [-0.15, -0.1) is 0 Å². The second-order valence-electron chi connectivity index (χ2n) is 4.29. The molecular formula is C12H13BrN6O2. The van der Waals surface area contributed by atoms with Gasteiger partial charge in [-0.1, -0.05) is 28.1 Å². The second kappa shape index (κ2) is 6.46. The number of hydrogen-bond donors (Lipinski definition) is 2. The highest BCUT2D eigenvalue weighted by atomic mass is 79.9. The molecule has 0 bridgehead atoms. The molecule has 1 aromatic carbocycles. The molecule has 0 saturated carbocycles. The Bertz CT molecular complexity index is 649. The Morgan fingerprint density at radius 2 is 2.10 bits per heavy atom. The molecule has 110 valence electrons. The first kappa shape index (κ1) is 15.1. The summed E-state index contributed by atoms with van der Waals surface area (Å²) in [6.45, 7) is 0.467. The predicted octanol–water partition coefficient (Wildman–Crippen LogP) is 2.07. The van der Waals surface area contributed by atoms with E-state index >= 15 is 0 Å². The van der Waals surface area contributed by atoms with Crippen LogP contribution in [0.25, 0.3) is 0 Å². The lowest BCUT2D eigenvalue weighted by Gasteiger charge is -2.18. The van der Waals surface area contributed by atoms with Crippen LogP contribution in [0.2, 0.25) is 0 Å². The van der Waals surface area contributed by atoms with Gasteiger partial charge in [-0.2, -0.15) is 4.98 Å². The van der Waals surface area contributed by atoms with Gasteiger partial charge in [0.15, 0.2) is 0 Å². The van der Waals surface area contributed by atoms with E-state index in [2.05, 4.69) is 31.3 Å². The Morgan fingerprint density at radius 3 is 2.67 bits per heavy atom. The topological polar surface area (TPSA) is 110 Å². The highest BCUT2D eigenvalue weighted by molar-refractivity contribution is 9.10. The van der Waals surface area contributed by atoms with Crippen LogP contribution < -0.4 is 16.2 Å². The Kier molecular flexibility index (Phi) is 4.66. The van der Waals surface area contributed by atoms with Crippen LogP contribution in [0.4, 0.5) is 17.5 Å². The minimum Gasteiger partial charge on any atom is -0.349 e. The highest BCUT2D eigenvalue weighted by Crippen LogP contribution is 2.26. The van der Waals surface area contributed by atoms with E-state index in [0.29, 0.717) is 6.54 Å². The van der Waals surface area contributed by atoms with Crippen molar-refractivity contribution in [3.63, 3.8) is 0 Å². The van der Waals surface area contributed by atoms with Gasteiger partial charge in [-0.05, 0) is 17.7 Å². The maximum Gasteiger partial charge on any atom is 0.329 e. The lowest BCUT2D eigenvalue weighted by Crippen LogP contribution is -2.21. The molecule has 1 aromatic heterocycles. The monoisotopic (exact) mass is 352 g/mol. The van der Waals surface area contributed by atoms with Crippen LogP contribution in [0.5, 0.6) is 0 Å². The summed E-state index contributed by atoms with van der Waals surface area (Å²) in [6, 6.07) is 7.67. The van der Waals surface area contributed by atoms with Gasteiger partial charge in [0.05, 0.1) is 4.92 Å². The number of halogens is 1. The number of nitrogens with two attached hydrogens (primary N) is 1. The fraction of sp³-hybridized carbons (Fsp3) is 0.167. The quantitative estimate of drug-likeness (QED) is 0.481. The zero-order chi connectivity index (χ0) is 15.4. The van der Waals surface area contributed by atoms with E-state index in [0.717, 1.165) is 16.2 Å². The zero-order valence-electron chi connectivity index (χ0n) is 11.2. The van der Waals surface area contributed by atoms with Crippen LogP contribution in [-0.4, -0.2) is 21.9 Å². The van der Waals surface area contributed by atoms with Crippen LogP contribution in [0, 0.1) is 10.1 Å². The molecule has 0 fully saturated rings. The third-order valence-electron chi connectivity index (χ3n) is 2.77. The molecule has 0 amide bonds. The minimum atomic E-state index is -0.520. The molecule has 2 rings (SSSR count). The van der Waals surface area contributed by atoms with Crippen LogP contribution in [0.15, 0.2) is 34.9 Å².